The van der Waals surface area contributed by atoms with Crippen LogP contribution in [0.25, 0.3) is 0 Å². The fraction of sp³-hybridized carbons (Fsp3) is 0.0714. The number of benzene rings is 2. The molecule has 0 aliphatic heterocycles. The summed E-state index contributed by atoms with van der Waals surface area (Å²) < 4.78 is -0.520. The Hall–Kier alpha value is -1.11. The van der Waals surface area contributed by atoms with E-state index in [4.69, 9.17) is 5.26 Å². The van der Waals surface area contributed by atoms with Crippen molar-refractivity contribution in [2.24, 2.45) is 0 Å². The van der Waals surface area contributed by atoms with Crippen LogP contribution in [0.1, 0.15) is 16.7 Å². The summed E-state index contributed by atoms with van der Waals surface area (Å²) in [4.78, 5) is 0. The van der Waals surface area contributed by atoms with E-state index in [1.807, 2.05) is 54.6 Å². The molecule has 0 aliphatic carbocycles. The van der Waals surface area contributed by atoms with Gasteiger partial charge in [0.05, 0.1) is 11.6 Å². The molecule has 0 unspecified atom stereocenters. The fourth-order valence-corrected chi connectivity index (χ4v) is 2.88. The zero-order chi connectivity index (χ0) is 12.3. The molecule has 0 spiro atoms. The second-order valence-electron chi connectivity index (χ2n) is 3.60. The molecule has 2 aromatic carbocycles. The molecule has 2 aromatic rings. The fourth-order valence-electron chi connectivity index (χ4n) is 1.66. The van der Waals surface area contributed by atoms with E-state index in [9.17, 15) is 0 Å². The number of nitriles is 1. The van der Waals surface area contributed by atoms with Crippen LogP contribution in [0.2, 0.25) is 0 Å². The van der Waals surface area contributed by atoms with Crippen molar-refractivity contribution in [3.8, 4) is 6.07 Å². The van der Waals surface area contributed by atoms with E-state index in [-0.39, 0.29) is 0 Å². The summed E-state index contributed by atoms with van der Waals surface area (Å²) in [5.41, 5.74) is 2.63. The maximum atomic E-state index is 9.14. The summed E-state index contributed by atoms with van der Waals surface area (Å²) in [6, 6.07) is 19.7. The predicted octanol–water partition coefficient (Wildman–Crippen LogP) is 4.55. The first-order valence-corrected chi connectivity index (χ1v) is 6.68. The number of alkyl halides is 2. The number of hydrogen-bond acceptors (Lipinski definition) is 1. The second-order valence-corrected chi connectivity index (χ2v) is 7.04. The third-order valence-corrected chi connectivity index (χ3v) is 4.29. The first kappa shape index (κ1) is 12.3. The molecule has 0 aromatic heterocycles. The molecule has 0 amide bonds. The Labute approximate surface area is 117 Å². The zero-order valence-corrected chi connectivity index (χ0v) is 12.1. The van der Waals surface area contributed by atoms with Crippen LogP contribution in [0.3, 0.4) is 0 Å². The van der Waals surface area contributed by atoms with Crippen molar-refractivity contribution in [1.29, 1.82) is 5.26 Å². The molecule has 0 aliphatic rings. The van der Waals surface area contributed by atoms with E-state index < -0.39 is 3.23 Å². The Morgan fingerprint density at radius 3 is 2.12 bits per heavy atom. The molecule has 0 bridgehead atoms. The monoisotopic (exact) mass is 349 g/mol. The average Bonchev–Trinajstić information content (AvgIpc) is 2.39. The van der Waals surface area contributed by atoms with Crippen LogP contribution in [0, 0.1) is 11.3 Å². The molecule has 0 N–H and O–H groups in total. The van der Waals surface area contributed by atoms with Gasteiger partial charge in [0.2, 0.25) is 0 Å². The van der Waals surface area contributed by atoms with Crippen LogP contribution < -0.4 is 0 Å². The Kier molecular flexibility index (Phi) is 3.66. The molecule has 0 atom stereocenters. The van der Waals surface area contributed by atoms with Gasteiger partial charge in [-0.2, -0.15) is 5.26 Å². The zero-order valence-electron chi connectivity index (χ0n) is 8.90. The van der Waals surface area contributed by atoms with E-state index in [2.05, 4.69) is 37.9 Å². The normalized spacial score (nSPS) is 10.9. The number of nitrogens with zero attached hydrogens (tertiary/aromatic N) is 1. The highest BCUT2D eigenvalue weighted by Gasteiger charge is 2.29. The van der Waals surface area contributed by atoms with Crippen molar-refractivity contribution in [1.82, 2.24) is 0 Å². The quantitative estimate of drug-likeness (QED) is 0.729. The summed E-state index contributed by atoms with van der Waals surface area (Å²) in [6.07, 6.45) is 0. The van der Waals surface area contributed by atoms with Crippen LogP contribution >= 0.6 is 31.9 Å². The van der Waals surface area contributed by atoms with Crippen molar-refractivity contribution in [3.05, 3.63) is 71.3 Å². The minimum absolute atomic E-state index is 0.520. The predicted molar refractivity (Wildman–Crippen MR) is 76.2 cm³/mol. The van der Waals surface area contributed by atoms with Gasteiger partial charge in [-0.05, 0) is 11.6 Å². The SMILES string of the molecule is N#Cc1ccccc1C(Br)(Br)c1ccccc1. The Morgan fingerprint density at radius 1 is 0.882 bits per heavy atom. The molecule has 0 saturated heterocycles. The summed E-state index contributed by atoms with van der Waals surface area (Å²) in [7, 11) is 0. The average molecular weight is 351 g/mol. The van der Waals surface area contributed by atoms with Gasteiger partial charge in [-0.15, -0.1) is 0 Å². The molecule has 0 heterocycles. The smallest absolute Gasteiger partial charge is 0.131 e. The second kappa shape index (κ2) is 5.03. The number of halogens is 2. The summed E-state index contributed by atoms with van der Waals surface area (Å²) in [6.45, 7) is 0. The van der Waals surface area contributed by atoms with Crippen LogP contribution in [-0.4, -0.2) is 0 Å². The largest absolute Gasteiger partial charge is 0.192 e. The van der Waals surface area contributed by atoms with Gasteiger partial charge in [-0.25, -0.2) is 0 Å². The molecule has 1 nitrogen and oxygen atoms in total. The molecule has 2 rings (SSSR count). The lowest BCUT2D eigenvalue weighted by atomic mass is 10.0. The summed E-state index contributed by atoms with van der Waals surface area (Å²) in [5.74, 6) is 0. The van der Waals surface area contributed by atoms with E-state index in [1.54, 1.807) is 0 Å². The molecular weight excluding hydrogens is 342 g/mol. The molecule has 84 valence electrons. The first-order valence-electron chi connectivity index (χ1n) is 5.09. The Morgan fingerprint density at radius 2 is 1.47 bits per heavy atom. The molecular formula is C14H9Br2N. The van der Waals surface area contributed by atoms with Gasteiger partial charge in [-0.3, -0.25) is 0 Å². The third kappa shape index (κ3) is 2.43. The number of rotatable bonds is 2. The van der Waals surface area contributed by atoms with Crippen LogP contribution in [-0.2, 0) is 3.23 Å². The summed E-state index contributed by atoms with van der Waals surface area (Å²) >= 11 is 7.31. The van der Waals surface area contributed by atoms with Crippen molar-refractivity contribution in [3.63, 3.8) is 0 Å². The molecule has 0 fully saturated rings. The highest BCUT2D eigenvalue weighted by Crippen LogP contribution is 2.45. The first-order chi connectivity index (χ1) is 8.16. The molecule has 0 saturated carbocycles. The van der Waals surface area contributed by atoms with Gasteiger partial charge in [0.1, 0.15) is 3.23 Å². The molecule has 17 heavy (non-hydrogen) atoms. The Bertz CT molecular complexity index is 556. The van der Waals surface area contributed by atoms with E-state index >= 15 is 0 Å². The van der Waals surface area contributed by atoms with Crippen LogP contribution in [0.5, 0.6) is 0 Å². The number of hydrogen-bond donors (Lipinski definition) is 0. The minimum atomic E-state index is -0.520. The highest BCUT2D eigenvalue weighted by atomic mass is 79.9. The van der Waals surface area contributed by atoms with Crippen molar-refractivity contribution >= 4 is 31.9 Å². The maximum Gasteiger partial charge on any atom is 0.131 e. The standard InChI is InChI=1S/C14H9Br2N/c15-14(16,12-7-2-1-3-8-12)13-9-5-4-6-11(13)10-17/h1-9H. The minimum Gasteiger partial charge on any atom is -0.192 e. The topological polar surface area (TPSA) is 23.8 Å². The third-order valence-electron chi connectivity index (χ3n) is 2.52. The summed E-state index contributed by atoms with van der Waals surface area (Å²) in [5, 5.41) is 9.14. The highest BCUT2D eigenvalue weighted by molar-refractivity contribution is 9.25. The van der Waals surface area contributed by atoms with E-state index in [1.165, 1.54) is 0 Å². The van der Waals surface area contributed by atoms with Gasteiger partial charge in [0.25, 0.3) is 0 Å². The maximum absolute atomic E-state index is 9.14. The molecule has 3 heteroatoms. The van der Waals surface area contributed by atoms with E-state index in [0.717, 1.165) is 11.1 Å². The van der Waals surface area contributed by atoms with Crippen molar-refractivity contribution in [2.75, 3.05) is 0 Å². The lowest BCUT2D eigenvalue weighted by Gasteiger charge is -2.22. The lowest BCUT2D eigenvalue weighted by molar-refractivity contribution is 1.11. The van der Waals surface area contributed by atoms with Crippen molar-refractivity contribution in [2.45, 2.75) is 3.23 Å². The van der Waals surface area contributed by atoms with Gasteiger partial charge < -0.3 is 0 Å². The lowest BCUT2D eigenvalue weighted by Crippen LogP contribution is -2.12. The van der Waals surface area contributed by atoms with Gasteiger partial charge in [0, 0.05) is 5.56 Å². The van der Waals surface area contributed by atoms with E-state index in [0.29, 0.717) is 5.56 Å². The van der Waals surface area contributed by atoms with Gasteiger partial charge in [-0.1, -0.05) is 80.4 Å². The van der Waals surface area contributed by atoms with Gasteiger partial charge >= 0.3 is 0 Å². The molecule has 0 radical (unpaired) electrons. The van der Waals surface area contributed by atoms with Gasteiger partial charge in [0.15, 0.2) is 0 Å². The van der Waals surface area contributed by atoms with Crippen molar-refractivity contribution < 1.29 is 0 Å². The Balaban J connectivity index is 2.56. The van der Waals surface area contributed by atoms with Crippen LogP contribution in [0.15, 0.2) is 54.6 Å². The van der Waals surface area contributed by atoms with Crippen LogP contribution in [0.4, 0.5) is 0 Å².